The molecule has 2 aromatic rings. The quantitative estimate of drug-likeness (QED) is 0.790. The zero-order valence-electron chi connectivity index (χ0n) is 13.1. The first-order chi connectivity index (χ1) is 10.8. The molecular formula is C14H18N4O3S2. The van der Waals surface area contributed by atoms with Crippen molar-refractivity contribution in [2.45, 2.75) is 23.4 Å². The number of benzene rings is 1. The highest BCUT2D eigenvalue weighted by atomic mass is 32.2. The van der Waals surface area contributed by atoms with Gasteiger partial charge in [0, 0.05) is 25.4 Å². The number of hydrogen-bond acceptors (Lipinski definition) is 6. The van der Waals surface area contributed by atoms with Gasteiger partial charge in [-0.1, -0.05) is 18.7 Å². The number of sulfone groups is 1. The van der Waals surface area contributed by atoms with Gasteiger partial charge in [0.15, 0.2) is 15.0 Å². The molecule has 1 N–H and O–H groups in total. The molecule has 7 nitrogen and oxygen atoms in total. The molecular weight excluding hydrogens is 336 g/mol. The van der Waals surface area contributed by atoms with E-state index in [2.05, 4.69) is 15.5 Å². The summed E-state index contributed by atoms with van der Waals surface area (Å²) in [5.41, 5.74) is 0.551. The van der Waals surface area contributed by atoms with Gasteiger partial charge in [-0.2, -0.15) is 0 Å². The molecule has 0 atom stereocenters. The van der Waals surface area contributed by atoms with Gasteiger partial charge in [0.2, 0.25) is 5.91 Å². The highest BCUT2D eigenvalue weighted by Gasteiger charge is 2.11. The van der Waals surface area contributed by atoms with E-state index in [0.717, 1.165) is 18.5 Å². The van der Waals surface area contributed by atoms with Gasteiger partial charge in [-0.05, 0) is 24.3 Å². The van der Waals surface area contributed by atoms with Gasteiger partial charge in [-0.15, -0.1) is 10.2 Å². The lowest BCUT2D eigenvalue weighted by Gasteiger charge is -2.06. The van der Waals surface area contributed by atoms with Crippen molar-refractivity contribution < 1.29 is 13.2 Å². The van der Waals surface area contributed by atoms with Crippen molar-refractivity contribution in [2.24, 2.45) is 7.05 Å². The predicted octanol–water partition coefficient (Wildman–Crippen LogP) is 1.51. The number of carbonyl (C=O) groups excluding carboxylic acids is 1. The van der Waals surface area contributed by atoms with Crippen LogP contribution in [0.2, 0.25) is 0 Å². The number of hydrogen-bond donors (Lipinski definition) is 1. The van der Waals surface area contributed by atoms with Gasteiger partial charge < -0.3 is 9.88 Å². The predicted molar refractivity (Wildman–Crippen MR) is 89.3 cm³/mol. The maximum absolute atomic E-state index is 11.9. The Balaban J connectivity index is 1.93. The molecule has 0 aliphatic heterocycles. The Kier molecular flexibility index (Phi) is 5.42. The summed E-state index contributed by atoms with van der Waals surface area (Å²) in [6.45, 7) is 1.99. The summed E-state index contributed by atoms with van der Waals surface area (Å²) in [5.74, 6) is 0.871. The number of rotatable bonds is 6. The van der Waals surface area contributed by atoms with Crippen LogP contribution in [0.3, 0.4) is 0 Å². The molecule has 0 aliphatic carbocycles. The van der Waals surface area contributed by atoms with Crippen LogP contribution in [0, 0.1) is 0 Å². The number of amides is 1. The fourth-order valence-electron chi connectivity index (χ4n) is 1.89. The summed E-state index contributed by atoms with van der Waals surface area (Å²) < 4.78 is 24.6. The first-order valence-electron chi connectivity index (χ1n) is 6.92. The van der Waals surface area contributed by atoms with Crippen LogP contribution in [0.15, 0.2) is 34.3 Å². The standard InChI is InChI=1S/C14H18N4O3S2/c1-4-12-16-17-14(18(12)2)22-9-13(19)15-10-5-7-11(8-6-10)23(3,20)21/h5-8H,4,9H2,1-3H3,(H,15,19). The number of nitrogens with zero attached hydrogens (tertiary/aromatic N) is 3. The number of aromatic nitrogens is 3. The summed E-state index contributed by atoms with van der Waals surface area (Å²) in [6, 6.07) is 6.06. The van der Waals surface area contributed by atoms with Crippen molar-refractivity contribution >= 4 is 33.2 Å². The number of aryl methyl sites for hydroxylation is 1. The molecule has 9 heteroatoms. The van der Waals surface area contributed by atoms with Gasteiger partial charge in [0.25, 0.3) is 0 Å². The van der Waals surface area contributed by atoms with Gasteiger partial charge in [0.1, 0.15) is 5.82 Å². The molecule has 124 valence electrons. The Morgan fingerprint density at radius 3 is 2.43 bits per heavy atom. The Morgan fingerprint density at radius 1 is 1.26 bits per heavy atom. The largest absolute Gasteiger partial charge is 0.325 e. The van der Waals surface area contributed by atoms with Crippen LogP contribution in [-0.4, -0.2) is 41.1 Å². The second-order valence-corrected chi connectivity index (χ2v) is 7.90. The Hall–Kier alpha value is -1.87. The molecule has 0 saturated heterocycles. The summed E-state index contributed by atoms with van der Waals surface area (Å²) in [6.07, 6.45) is 1.92. The third-order valence-corrected chi connectivity index (χ3v) is 5.29. The molecule has 0 spiro atoms. The molecule has 1 aromatic heterocycles. The molecule has 1 aromatic carbocycles. The molecule has 2 rings (SSSR count). The lowest BCUT2D eigenvalue weighted by atomic mass is 10.3. The molecule has 0 saturated carbocycles. The normalized spacial score (nSPS) is 11.4. The molecule has 1 heterocycles. The van der Waals surface area contributed by atoms with E-state index in [-0.39, 0.29) is 16.6 Å². The van der Waals surface area contributed by atoms with Crippen molar-refractivity contribution in [3.8, 4) is 0 Å². The van der Waals surface area contributed by atoms with E-state index in [4.69, 9.17) is 0 Å². The van der Waals surface area contributed by atoms with Gasteiger partial charge in [0.05, 0.1) is 10.6 Å². The van der Waals surface area contributed by atoms with Crippen molar-refractivity contribution in [1.29, 1.82) is 0 Å². The Labute approximate surface area is 139 Å². The van der Waals surface area contributed by atoms with Crippen LogP contribution in [-0.2, 0) is 28.1 Å². The highest BCUT2D eigenvalue weighted by molar-refractivity contribution is 7.99. The van der Waals surface area contributed by atoms with E-state index >= 15 is 0 Å². The minimum absolute atomic E-state index is 0.192. The minimum atomic E-state index is -3.23. The van der Waals surface area contributed by atoms with Crippen LogP contribution in [0.1, 0.15) is 12.7 Å². The summed E-state index contributed by atoms with van der Waals surface area (Å²) >= 11 is 1.30. The molecule has 0 unspecified atom stereocenters. The van der Waals surface area contributed by atoms with Crippen LogP contribution >= 0.6 is 11.8 Å². The molecule has 0 fully saturated rings. The van der Waals surface area contributed by atoms with Gasteiger partial charge in [-0.25, -0.2) is 8.42 Å². The van der Waals surface area contributed by atoms with E-state index in [9.17, 15) is 13.2 Å². The molecule has 0 bridgehead atoms. The lowest BCUT2D eigenvalue weighted by Crippen LogP contribution is -2.14. The highest BCUT2D eigenvalue weighted by Crippen LogP contribution is 2.17. The number of anilines is 1. The van der Waals surface area contributed by atoms with Gasteiger partial charge >= 0.3 is 0 Å². The van der Waals surface area contributed by atoms with Crippen molar-refractivity contribution in [1.82, 2.24) is 14.8 Å². The molecule has 0 radical (unpaired) electrons. The maximum Gasteiger partial charge on any atom is 0.234 e. The first-order valence-corrected chi connectivity index (χ1v) is 9.80. The number of nitrogens with one attached hydrogen (secondary N) is 1. The maximum atomic E-state index is 11.9. The monoisotopic (exact) mass is 354 g/mol. The summed E-state index contributed by atoms with van der Waals surface area (Å²) in [4.78, 5) is 12.2. The molecule has 0 aliphatic rings. The van der Waals surface area contributed by atoms with Crippen molar-refractivity contribution in [2.75, 3.05) is 17.3 Å². The molecule has 23 heavy (non-hydrogen) atoms. The second kappa shape index (κ2) is 7.14. The summed E-state index contributed by atoms with van der Waals surface area (Å²) in [7, 11) is -1.37. The number of carbonyl (C=O) groups is 1. The fraction of sp³-hybridized carbons (Fsp3) is 0.357. The minimum Gasteiger partial charge on any atom is -0.325 e. The third kappa shape index (κ3) is 4.55. The SMILES string of the molecule is CCc1nnc(SCC(=O)Nc2ccc(S(C)(=O)=O)cc2)n1C. The topological polar surface area (TPSA) is 94.0 Å². The van der Waals surface area contributed by atoms with Crippen LogP contribution in [0.25, 0.3) is 0 Å². The smallest absolute Gasteiger partial charge is 0.234 e. The van der Waals surface area contributed by atoms with E-state index in [0.29, 0.717) is 10.8 Å². The van der Waals surface area contributed by atoms with Gasteiger partial charge in [-0.3, -0.25) is 4.79 Å². The second-order valence-electron chi connectivity index (χ2n) is 4.94. The average Bonchev–Trinajstić information content (AvgIpc) is 2.85. The average molecular weight is 354 g/mol. The van der Waals surface area contributed by atoms with E-state index < -0.39 is 9.84 Å². The van der Waals surface area contributed by atoms with Crippen LogP contribution in [0.5, 0.6) is 0 Å². The fourth-order valence-corrected chi connectivity index (χ4v) is 3.25. The van der Waals surface area contributed by atoms with Crippen LogP contribution < -0.4 is 5.32 Å². The van der Waals surface area contributed by atoms with Crippen LogP contribution in [0.4, 0.5) is 5.69 Å². The third-order valence-electron chi connectivity index (χ3n) is 3.14. The number of thioether (sulfide) groups is 1. The first kappa shape index (κ1) is 17.5. The van der Waals surface area contributed by atoms with E-state index in [1.165, 1.54) is 23.9 Å². The lowest BCUT2D eigenvalue weighted by molar-refractivity contribution is -0.113. The zero-order chi connectivity index (χ0) is 17.0. The Morgan fingerprint density at radius 2 is 1.91 bits per heavy atom. The summed E-state index contributed by atoms with van der Waals surface area (Å²) in [5, 5.41) is 11.5. The Bertz CT molecular complexity index is 798. The van der Waals surface area contributed by atoms with E-state index in [1.54, 1.807) is 12.1 Å². The van der Waals surface area contributed by atoms with Crippen molar-refractivity contribution in [3.63, 3.8) is 0 Å². The van der Waals surface area contributed by atoms with Crippen molar-refractivity contribution in [3.05, 3.63) is 30.1 Å². The molecule has 1 amide bonds. The zero-order valence-corrected chi connectivity index (χ0v) is 14.7. The van der Waals surface area contributed by atoms with E-state index in [1.807, 2.05) is 18.5 Å².